The molecule has 39 heavy (non-hydrogen) atoms. The lowest BCUT2D eigenvalue weighted by Gasteiger charge is -2.16. The summed E-state index contributed by atoms with van der Waals surface area (Å²) in [5.41, 5.74) is 2.54. The summed E-state index contributed by atoms with van der Waals surface area (Å²) in [5.74, 6) is 0.553. The molecule has 1 aliphatic heterocycles. The smallest absolute Gasteiger partial charge is 0.243 e. The topological polar surface area (TPSA) is 97.2 Å². The van der Waals surface area contributed by atoms with Gasteiger partial charge in [0.05, 0.1) is 10.6 Å². The van der Waals surface area contributed by atoms with Crippen molar-refractivity contribution in [2.45, 2.75) is 29.3 Å². The van der Waals surface area contributed by atoms with Crippen molar-refractivity contribution in [3.63, 3.8) is 0 Å². The van der Waals surface area contributed by atoms with Crippen molar-refractivity contribution in [2.75, 3.05) is 25.4 Å². The van der Waals surface area contributed by atoms with Crippen molar-refractivity contribution in [2.24, 2.45) is 0 Å². The number of carbonyl (C=O) groups is 1. The first-order valence-electron chi connectivity index (χ1n) is 12.7. The summed E-state index contributed by atoms with van der Waals surface area (Å²) in [6.45, 7) is 1.58. The summed E-state index contributed by atoms with van der Waals surface area (Å²) in [4.78, 5) is 12.8. The van der Waals surface area contributed by atoms with Crippen molar-refractivity contribution >= 4 is 39.3 Å². The van der Waals surface area contributed by atoms with Gasteiger partial charge in [-0.15, -0.1) is 10.2 Å². The van der Waals surface area contributed by atoms with Gasteiger partial charge in [0.1, 0.15) is 0 Å². The Bertz CT molecular complexity index is 1540. The molecule has 8 nitrogen and oxygen atoms in total. The SMILES string of the molecule is O=C(CSc1nnc(-c2cccc(S(=O)(=O)N3CCCC3)c2)n1-c1ccccc1)NCCc1ccc(Cl)cc1. The zero-order valence-corrected chi connectivity index (χ0v) is 23.6. The van der Waals surface area contributed by atoms with Gasteiger partial charge in [-0.1, -0.05) is 65.8 Å². The molecule has 5 rings (SSSR count). The number of hydrogen-bond acceptors (Lipinski definition) is 6. The maximum absolute atomic E-state index is 13.2. The second-order valence-electron chi connectivity index (χ2n) is 9.13. The van der Waals surface area contributed by atoms with Crippen LogP contribution in [0.5, 0.6) is 0 Å². The minimum atomic E-state index is -3.58. The molecule has 11 heteroatoms. The number of halogens is 1. The van der Waals surface area contributed by atoms with Gasteiger partial charge in [-0.3, -0.25) is 9.36 Å². The molecule has 202 valence electrons. The zero-order chi connectivity index (χ0) is 27.2. The normalized spacial score (nSPS) is 14.0. The van der Waals surface area contributed by atoms with Gasteiger partial charge in [0.15, 0.2) is 11.0 Å². The summed E-state index contributed by atoms with van der Waals surface area (Å²) in [6.07, 6.45) is 2.45. The van der Waals surface area contributed by atoms with Crippen LogP contribution in [0.25, 0.3) is 17.1 Å². The fourth-order valence-corrected chi connectivity index (χ4v) is 6.88. The highest BCUT2D eigenvalue weighted by molar-refractivity contribution is 7.99. The molecule has 0 aliphatic carbocycles. The van der Waals surface area contributed by atoms with E-state index in [0.29, 0.717) is 47.6 Å². The molecule has 1 aliphatic rings. The molecule has 0 radical (unpaired) electrons. The maximum Gasteiger partial charge on any atom is 0.243 e. The van der Waals surface area contributed by atoms with Gasteiger partial charge in [-0.25, -0.2) is 8.42 Å². The molecule has 4 aromatic rings. The van der Waals surface area contributed by atoms with Gasteiger partial charge in [0.25, 0.3) is 0 Å². The van der Waals surface area contributed by atoms with Gasteiger partial charge in [0.2, 0.25) is 15.9 Å². The van der Waals surface area contributed by atoms with Crippen LogP contribution in [0.15, 0.2) is 88.9 Å². The summed E-state index contributed by atoms with van der Waals surface area (Å²) < 4.78 is 29.7. The predicted molar refractivity (Wildman–Crippen MR) is 154 cm³/mol. The molecule has 0 bridgehead atoms. The highest BCUT2D eigenvalue weighted by atomic mass is 35.5. The number of aromatic nitrogens is 3. The van der Waals surface area contributed by atoms with Gasteiger partial charge in [-0.2, -0.15) is 4.31 Å². The quantitative estimate of drug-likeness (QED) is 0.270. The number of amides is 1. The lowest BCUT2D eigenvalue weighted by Crippen LogP contribution is -2.27. The zero-order valence-electron chi connectivity index (χ0n) is 21.2. The minimum Gasteiger partial charge on any atom is -0.355 e. The van der Waals surface area contributed by atoms with Crippen LogP contribution >= 0.6 is 23.4 Å². The first-order valence-corrected chi connectivity index (χ1v) is 15.5. The molecule has 3 aromatic carbocycles. The third-order valence-corrected chi connectivity index (χ3v) is 9.50. The van der Waals surface area contributed by atoms with Gasteiger partial charge in [-0.05, 0) is 61.2 Å². The molecule has 0 unspecified atom stereocenters. The fourth-order valence-electron chi connectivity index (χ4n) is 4.41. The molecule has 1 aromatic heterocycles. The number of thioether (sulfide) groups is 1. The van der Waals surface area contributed by atoms with Crippen LogP contribution in [0.4, 0.5) is 0 Å². The van der Waals surface area contributed by atoms with Crippen LogP contribution in [0.3, 0.4) is 0 Å². The Morgan fingerprint density at radius 1 is 0.949 bits per heavy atom. The largest absolute Gasteiger partial charge is 0.355 e. The number of benzene rings is 3. The van der Waals surface area contributed by atoms with Crippen molar-refractivity contribution in [3.8, 4) is 17.1 Å². The molecule has 0 spiro atoms. The van der Waals surface area contributed by atoms with Gasteiger partial charge >= 0.3 is 0 Å². The van der Waals surface area contributed by atoms with Crippen LogP contribution in [0, 0.1) is 0 Å². The van der Waals surface area contributed by atoms with Crippen molar-refractivity contribution in [1.29, 1.82) is 0 Å². The molecule has 1 amide bonds. The first kappa shape index (κ1) is 27.4. The average Bonchev–Trinajstić information content (AvgIpc) is 3.65. The highest BCUT2D eigenvalue weighted by Gasteiger charge is 2.28. The predicted octanol–water partition coefficient (Wildman–Crippen LogP) is 4.82. The fraction of sp³-hybridized carbons (Fsp3) is 0.250. The molecule has 1 saturated heterocycles. The molecule has 0 atom stereocenters. The average molecular weight is 582 g/mol. The number of sulfonamides is 1. The van der Waals surface area contributed by atoms with E-state index in [4.69, 9.17) is 11.6 Å². The molecular weight excluding hydrogens is 554 g/mol. The molecular formula is C28H28ClN5O3S2. The Hall–Kier alpha value is -3.18. The number of hydrogen-bond donors (Lipinski definition) is 1. The molecule has 1 N–H and O–H groups in total. The molecule has 1 fully saturated rings. The van der Waals surface area contributed by atoms with E-state index >= 15 is 0 Å². The van der Waals surface area contributed by atoms with Crippen LogP contribution in [-0.2, 0) is 21.2 Å². The van der Waals surface area contributed by atoms with Gasteiger partial charge in [0, 0.05) is 35.9 Å². The van der Waals surface area contributed by atoms with E-state index in [0.717, 1.165) is 24.1 Å². The van der Waals surface area contributed by atoms with E-state index in [1.54, 1.807) is 18.2 Å². The van der Waals surface area contributed by atoms with Gasteiger partial charge < -0.3 is 5.32 Å². The first-order chi connectivity index (χ1) is 18.9. The third-order valence-electron chi connectivity index (χ3n) is 6.42. The number of para-hydroxylation sites is 1. The molecule has 0 saturated carbocycles. The van der Waals surface area contributed by atoms with Crippen LogP contribution in [-0.4, -0.2) is 58.8 Å². The van der Waals surface area contributed by atoms with Crippen LogP contribution in [0.1, 0.15) is 18.4 Å². The lowest BCUT2D eigenvalue weighted by atomic mass is 10.1. The van der Waals surface area contributed by atoms with E-state index in [-0.39, 0.29) is 16.6 Å². The molecule has 2 heterocycles. The second kappa shape index (κ2) is 12.3. The minimum absolute atomic E-state index is 0.114. The van der Waals surface area contributed by atoms with E-state index in [1.807, 2.05) is 65.2 Å². The maximum atomic E-state index is 13.2. The van der Waals surface area contributed by atoms with E-state index in [2.05, 4.69) is 15.5 Å². The number of nitrogens with zero attached hydrogens (tertiary/aromatic N) is 4. The number of nitrogens with one attached hydrogen (secondary N) is 1. The van der Waals surface area contributed by atoms with E-state index in [1.165, 1.54) is 16.1 Å². The van der Waals surface area contributed by atoms with Crippen molar-refractivity contribution < 1.29 is 13.2 Å². The Balaban J connectivity index is 1.34. The Morgan fingerprint density at radius 3 is 2.44 bits per heavy atom. The van der Waals surface area contributed by atoms with Crippen molar-refractivity contribution in [3.05, 3.63) is 89.4 Å². The standard InChI is InChI=1S/C28H28ClN5O3S2/c29-23-13-11-21(12-14-23)15-16-30-26(35)20-38-28-32-31-27(34(28)24-8-2-1-3-9-24)22-7-6-10-25(19-22)39(36,37)33-17-4-5-18-33/h1-3,6-14,19H,4-5,15-18,20H2,(H,30,35). The Morgan fingerprint density at radius 2 is 1.69 bits per heavy atom. The van der Waals surface area contributed by atoms with Crippen LogP contribution < -0.4 is 5.32 Å². The Labute approximate surface area is 237 Å². The van der Waals surface area contributed by atoms with E-state index < -0.39 is 10.0 Å². The number of carbonyl (C=O) groups excluding carboxylic acids is 1. The monoisotopic (exact) mass is 581 g/mol. The number of rotatable bonds is 10. The second-order valence-corrected chi connectivity index (χ2v) is 12.4. The summed E-state index contributed by atoms with van der Waals surface area (Å²) in [6, 6.07) is 23.9. The summed E-state index contributed by atoms with van der Waals surface area (Å²) in [7, 11) is -3.58. The van der Waals surface area contributed by atoms with E-state index in [9.17, 15) is 13.2 Å². The van der Waals surface area contributed by atoms with Crippen molar-refractivity contribution in [1.82, 2.24) is 24.4 Å². The summed E-state index contributed by atoms with van der Waals surface area (Å²) >= 11 is 7.21. The Kier molecular flexibility index (Phi) is 8.66. The highest BCUT2D eigenvalue weighted by Crippen LogP contribution is 2.30. The third kappa shape index (κ3) is 6.52. The van der Waals surface area contributed by atoms with Crippen LogP contribution in [0.2, 0.25) is 5.02 Å². The lowest BCUT2D eigenvalue weighted by molar-refractivity contribution is -0.118. The summed E-state index contributed by atoms with van der Waals surface area (Å²) in [5, 5.41) is 12.9.